The number of hydrogen-bond donors (Lipinski definition) is 0. The number of aromatic nitrogens is 2. The number of para-hydroxylation sites is 1. The summed E-state index contributed by atoms with van der Waals surface area (Å²) in [5, 5.41) is 5.64. The Hall–Kier alpha value is -2.33. The average molecular weight is 335 g/mol. The van der Waals surface area contributed by atoms with Crippen molar-refractivity contribution < 1.29 is 4.74 Å². The van der Waals surface area contributed by atoms with Gasteiger partial charge in [0.1, 0.15) is 5.75 Å². The summed E-state index contributed by atoms with van der Waals surface area (Å²) in [5.74, 6) is 0.926. The minimum Gasteiger partial charge on any atom is -0.494 e. The van der Waals surface area contributed by atoms with E-state index in [0.717, 1.165) is 48.0 Å². The van der Waals surface area contributed by atoms with Crippen LogP contribution in [0.3, 0.4) is 0 Å². The number of fused-ring (bicyclic) bond motifs is 1. The van der Waals surface area contributed by atoms with Gasteiger partial charge in [0.15, 0.2) is 0 Å². The van der Waals surface area contributed by atoms with E-state index in [1.807, 2.05) is 35.1 Å². The first kappa shape index (κ1) is 16.2. The van der Waals surface area contributed by atoms with Crippen LogP contribution in [-0.2, 0) is 0 Å². The Labute approximate surface area is 149 Å². The lowest BCUT2D eigenvalue weighted by molar-refractivity contribution is 0.230. The second-order valence-corrected chi connectivity index (χ2v) is 6.84. The quantitative estimate of drug-likeness (QED) is 0.630. The molecule has 2 heterocycles. The monoisotopic (exact) mass is 335 g/mol. The molecule has 1 atom stereocenters. The molecule has 1 aliphatic rings. The van der Waals surface area contributed by atoms with Crippen molar-refractivity contribution in [3.8, 4) is 11.4 Å². The maximum Gasteiger partial charge on any atom is 0.119 e. The fraction of sp³-hybridized carbons (Fsp3) is 0.381. The van der Waals surface area contributed by atoms with Crippen molar-refractivity contribution in [3.05, 3.63) is 54.7 Å². The fourth-order valence-electron chi connectivity index (χ4n) is 3.64. The first-order valence-electron chi connectivity index (χ1n) is 9.21. The molecule has 2 aromatic carbocycles. The lowest BCUT2D eigenvalue weighted by Crippen LogP contribution is -2.28. The van der Waals surface area contributed by atoms with E-state index in [9.17, 15) is 0 Å². The van der Waals surface area contributed by atoms with Gasteiger partial charge in [0.2, 0.25) is 0 Å². The number of likely N-dealkylation sites (tertiary alicyclic amines) is 1. The lowest BCUT2D eigenvalue weighted by atomic mass is 10.2. The van der Waals surface area contributed by atoms with Gasteiger partial charge in [-0.15, -0.1) is 0 Å². The SMILES string of the molecule is CC1CCCN1CCCOc1ccc(-n2ncc3ccccc32)cc1. The molecule has 0 amide bonds. The zero-order valence-electron chi connectivity index (χ0n) is 14.8. The Kier molecular flexibility index (Phi) is 4.70. The third kappa shape index (κ3) is 3.54. The molecular weight excluding hydrogens is 310 g/mol. The summed E-state index contributed by atoms with van der Waals surface area (Å²) in [4.78, 5) is 2.56. The predicted octanol–water partition coefficient (Wildman–Crippen LogP) is 4.28. The zero-order valence-corrected chi connectivity index (χ0v) is 14.8. The smallest absolute Gasteiger partial charge is 0.119 e. The second kappa shape index (κ2) is 7.28. The number of ether oxygens (including phenoxy) is 1. The number of rotatable bonds is 6. The van der Waals surface area contributed by atoms with Crippen LogP contribution in [-0.4, -0.2) is 40.4 Å². The molecule has 1 aliphatic heterocycles. The number of nitrogens with zero attached hydrogens (tertiary/aromatic N) is 3. The van der Waals surface area contributed by atoms with Crippen LogP contribution in [0.2, 0.25) is 0 Å². The van der Waals surface area contributed by atoms with Gasteiger partial charge in [-0.2, -0.15) is 5.10 Å². The van der Waals surface area contributed by atoms with Crippen LogP contribution in [0, 0.1) is 0 Å². The first-order valence-corrected chi connectivity index (χ1v) is 9.21. The summed E-state index contributed by atoms with van der Waals surface area (Å²) in [6.07, 6.45) is 5.66. The summed E-state index contributed by atoms with van der Waals surface area (Å²) in [6.45, 7) is 5.48. The van der Waals surface area contributed by atoms with Gasteiger partial charge in [0.25, 0.3) is 0 Å². The van der Waals surface area contributed by atoms with E-state index in [1.54, 1.807) is 0 Å². The third-order valence-corrected chi connectivity index (χ3v) is 5.11. The fourth-order valence-corrected chi connectivity index (χ4v) is 3.64. The van der Waals surface area contributed by atoms with Crippen molar-refractivity contribution in [3.63, 3.8) is 0 Å². The molecular formula is C21H25N3O. The molecule has 4 rings (SSSR count). The van der Waals surface area contributed by atoms with Gasteiger partial charge >= 0.3 is 0 Å². The van der Waals surface area contributed by atoms with E-state index in [-0.39, 0.29) is 0 Å². The van der Waals surface area contributed by atoms with Crippen LogP contribution in [0.5, 0.6) is 5.75 Å². The van der Waals surface area contributed by atoms with Crippen molar-refractivity contribution in [2.75, 3.05) is 19.7 Å². The van der Waals surface area contributed by atoms with Crippen molar-refractivity contribution >= 4 is 10.9 Å². The van der Waals surface area contributed by atoms with E-state index in [4.69, 9.17) is 4.74 Å². The minimum atomic E-state index is 0.739. The first-order chi connectivity index (χ1) is 12.3. The Balaban J connectivity index is 1.34. The highest BCUT2D eigenvalue weighted by atomic mass is 16.5. The highest BCUT2D eigenvalue weighted by Crippen LogP contribution is 2.21. The van der Waals surface area contributed by atoms with Gasteiger partial charge in [0, 0.05) is 18.0 Å². The third-order valence-electron chi connectivity index (χ3n) is 5.11. The molecule has 0 bridgehead atoms. The van der Waals surface area contributed by atoms with Crippen molar-refractivity contribution in [1.82, 2.24) is 14.7 Å². The van der Waals surface area contributed by atoms with E-state index in [1.165, 1.54) is 19.4 Å². The normalized spacial score (nSPS) is 18.0. The molecule has 0 spiro atoms. The van der Waals surface area contributed by atoms with Gasteiger partial charge in [-0.25, -0.2) is 4.68 Å². The zero-order chi connectivity index (χ0) is 17.1. The molecule has 0 N–H and O–H groups in total. The van der Waals surface area contributed by atoms with Gasteiger partial charge < -0.3 is 9.64 Å². The Morgan fingerprint density at radius 3 is 2.76 bits per heavy atom. The molecule has 1 aromatic heterocycles. The Morgan fingerprint density at radius 1 is 1.12 bits per heavy atom. The van der Waals surface area contributed by atoms with Crippen molar-refractivity contribution in [2.45, 2.75) is 32.2 Å². The van der Waals surface area contributed by atoms with Gasteiger partial charge in [-0.05, 0) is 63.1 Å². The molecule has 1 saturated heterocycles. The maximum absolute atomic E-state index is 5.90. The van der Waals surface area contributed by atoms with Gasteiger partial charge in [-0.3, -0.25) is 0 Å². The summed E-state index contributed by atoms with van der Waals surface area (Å²) < 4.78 is 7.87. The summed E-state index contributed by atoms with van der Waals surface area (Å²) in [7, 11) is 0. The highest BCUT2D eigenvalue weighted by molar-refractivity contribution is 5.80. The summed E-state index contributed by atoms with van der Waals surface area (Å²) >= 11 is 0. The summed E-state index contributed by atoms with van der Waals surface area (Å²) in [6, 6.07) is 17.2. The van der Waals surface area contributed by atoms with Gasteiger partial charge in [0.05, 0.1) is 24.0 Å². The molecule has 1 fully saturated rings. The minimum absolute atomic E-state index is 0.739. The molecule has 1 unspecified atom stereocenters. The van der Waals surface area contributed by atoms with E-state index < -0.39 is 0 Å². The van der Waals surface area contributed by atoms with Crippen LogP contribution >= 0.6 is 0 Å². The van der Waals surface area contributed by atoms with E-state index in [0.29, 0.717) is 0 Å². The molecule has 0 aliphatic carbocycles. The highest BCUT2D eigenvalue weighted by Gasteiger charge is 2.19. The van der Waals surface area contributed by atoms with Crippen molar-refractivity contribution in [1.29, 1.82) is 0 Å². The van der Waals surface area contributed by atoms with E-state index in [2.05, 4.69) is 41.2 Å². The van der Waals surface area contributed by atoms with Crippen LogP contribution < -0.4 is 4.74 Å². The molecule has 0 radical (unpaired) electrons. The van der Waals surface area contributed by atoms with Gasteiger partial charge in [-0.1, -0.05) is 18.2 Å². The molecule has 25 heavy (non-hydrogen) atoms. The Morgan fingerprint density at radius 2 is 1.96 bits per heavy atom. The second-order valence-electron chi connectivity index (χ2n) is 6.84. The lowest BCUT2D eigenvalue weighted by Gasteiger charge is -2.20. The number of hydrogen-bond acceptors (Lipinski definition) is 3. The van der Waals surface area contributed by atoms with E-state index >= 15 is 0 Å². The van der Waals surface area contributed by atoms with Crippen LogP contribution in [0.15, 0.2) is 54.7 Å². The molecule has 0 saturated carbocycles. The van der Waals surface area contributed by atoms with Crippen molar-refractivity contribution in [2.24, 2.45) is 0 Å². The van der Waals surface area contributed by atoms with Crippen LogP contribution in [0.25, 0.3) is 16.6 Å². The average Bonchev–Trinajstić information content (AvgIpc) is 3.26. The standard InChI is InChI=1S/C21H25N3O/c1-17-6-4-13-23(17)14-5-15-25-20-11-9-19(10-12-20)24-21-8-3-2-7-18(21)16-22-24/h2-3,7-12,16-17H,4-6,13-15H2,1H3. The maximum atomic E-state index is 5.90. The topological polar surface area (TPSA) is 30.3 Å². The molecule has 4 heteroatoms. The molecule has 4 nitrogen and oxygen atoms in total. The Bertz CT molecular complexity index is 825. The van der Waals surface area contributed by atoms with Crippen LogP contribution in [0.4, 0.5) is 0 Å². The number of benzene rings is 2. The molecule has 3 aromatic rings. The largest absolute Gasteiger partial charge is 0.494 e. The molecule has 130 valence electrons. The van der Waals surface area contributed by atoms with Crippen LogP contribution in [0.1, 0.15) is 26.2 Å². The predicted molar refractivity (Wildman–Crippen MR) is 101 cm³/mol. The summed E-state index contributed by atoms with van der Waals surface area (Å²) in [5.41, 5.74) is 2.18.